The van der Waals surface area contributed by atoms with Crippen molar-refractivity contribution in [3.8, 4) is 0 Å². The number of nitrogens with one attached hydrogen (secondary N) is 1. The van der Waals surface area contributed by atoms with Crippen molar-refractivity contribution in [2.45, 2.75) is 20.0 Å². The van der Waals surface area contributed by atoms with Crippen molar-refractivity contribution in [3.63, 3.8) is 0 Å². The Kier molecular flexibility index (Phi) is 11.5. The maximum absolute atomic E-state index is 13.6. The van der Waals surface area contributed by atoms with Crippen LogP contribution < -0.4 is 11.1 Å². The molecule has 1 unspecified atom stereocenters. The minimum atomic E-state index is -0.223. The molecule has 1 rings (SSSR count). The molecule has 122 valence electrons. The fourth-order valence-electron chi connectivity index (χ4n) is 1.67. The molecule has 21 heavy (non-hydrogen) atoms. The minimum Gasteiger partial charge on any atom is -0.352 e. The molecule has 0 saturated heterocycles. The van der Waals surface area contributed by atoms with E-state index < -0.39 is 0 Å². The van der Waals surface area contributed by atoms with Gasteiger partial charge in [-0.3, -0.25) is 4.79 Å². The molecule has 1 atom stereocenters. The van der Waals surface area contributed by atoms with Gasteiger partial charge in [0.2, 0.25) is 5.91 Å². The van der Waals surface area contributed by atoms with Gasteiger partial charge in [-0.25, -0.2) is 4.39 Å². The van der Waals surface area contributed by atoms with E-state index in [1.54, 1.807) is 19.1 Å². The van der Waals surface area contributed by atoms with Crippen molar-refractivity contribution in [2.75, 3.05) is 20.6 Å². The standard InChI is InChI=1S/C14H22FN3O.2ClH/c1-10(7-16)14(19)17-8-11-4-5-13(15)12(6-11)9-18(2)3;;/h4-6,10H,7-9,16H2,1-3H3,(H,17,19);2*1H. The van der Waals surface area contributed by atoms with Gasteiger partial charge in [-0.05, 0) is 31.8 Å². The Bertz CT molecular complexity index is 444. The molecule has 0 aliphatic rings. The van der Waals surface area contributed by atoms with Crippen molar-refractivity contribution >= 4 is 30.7 Å². The van der Waals surface area contributed by atoms with E-state index in [2.05, 4.69) is 5.32 Å². The average molecular weight is 340 g/mol. The first kappa shape index (κ1) is 22.4. The summed E-state index contributed by atoms with van der Waals surface area (Å²) < 4.78 is 13.6. The van der Waals surface area contributed by atoms with E-state index in [1.165, 1.54) is 6.07 Å². The number of carbonyl (C=O) groups excluding carboxylic acids is 1. The third kappa shape index (κ3) is 7.62. The quantitative estimate of drug-likeness (QED) is 0.832. The van der Waals surface area contributed by atoms with Crippen molar-refractivity contribution in [3.05, 3.63) is 35.1 Å². The van der Waals surface area contributed by atoms with Crippen molar-refractivity contribution in [1.82, 2.24) is 10.2 Å². The monoisotopic (exact) mass is 339 g/mol. The summed E-state index contributed by atoms with van der Waals surface area (Å²) in [6.45, 7) is 3.02. The Hall–Kier alpha value is -0.880. The molecule has 1 amide bonds. The molecular weight excluding hydrogens is 316 g/mol. The lowest BCUT2D eigenvalue weighted by molar-refractivity contribution is -0.124. The fourth-order valence-corrected chi connectivity index (χ4v) is 1.67. The van der Waals surface area contributed by atoms with Gasteiger partial charge in [0.1, 0.15) is 5.82 Å². The Morgan fingerprint density at radius 3 is 2.52 bits per heavy atom. The molecular formula is C14H24Cl2FN3O. The lowest BCUT2D eigenvalue weighted by Crippen LogP contribution is -2.32. The van der Waals surface area contributed by atoms with Crippen LogP contribution in [0.25, 0.3) is 0 Å². The van der Waals surface area contributed by atoms with Crippen LogP contribution in [-0.4, -0.2) is 31.4 Å². The number of benzene rings is 1. The summed E-state index contributed by atoms with van der Waals surface area (Å²) in [5, 5.41) is 2.79. The van der Waals surface area contributed by atoms with Crippen LogP contribution in [-0.2, 0) is 17.9 Å². The van der Waals surface area contributed by atoms with Crippen LogP contribution in [0, 0.1) is 11.7 Å². The van der Waals surface area contributed by atoms with Crippen LogP contribution in [0.4, 0.5) is 4.39 Å². The van der Waals surface area contributed by atoms with Crippen LogP contribution in [0.15, 0.2) is 18.2 Å². The molecule has 4 nitrogen and oxygen atoms in total. The van der Waals surface area contributed by atoms with Crippen molar-refractivity contribution in [1.29, 1.82) is 0 Å². The van der Waals surface area contributed by atoms with E-state index in [9.17, 15) is 9.18 Å². The Morgan fingerprint density at radius 1 is 1.38 bits per heavy atom. The predicted octanol–water partition coefficient (Wildman–Crippen LogP) is 1.94. The van der Waals surface area contributed by atoms with Crippen LogP contribution in [0.5, 0.6) is 0 Å². The topological polar surface area (TPSA) is 58.4 Å². The SMILES string of the molecule is CC(CN)C(=O)NCc1ccc(F)c(CN(C)C)c1.Cl.Cl. The molecule has 0 aromatic heterocycles. The summed E-state index contributed by atoms with van der Waals surface area (Å²) in [6.07, 6.45) is 0. The van der Waals surface area contributed by atoms with Gasteiger partial charge in [-0.2, -0.15) is 0 Å². The highest BCUT2D eigenvalue weighted by molar-refractivity contribution is 5.85. The zero-order valence-corrected chi connectivity index (χ0v) is 14.2. The molecule has 0 aliphatic heterocycles. The molecule has 1 aromatic carbocycles. The van der Waals surface area contributed by atoms with Gasteiger partial charge >= 0.3 is 0 Å². The average Bonchev–Trinajstić information content (AvgIpc) is 2.37. The molecule has 0 bridgehead atoms. The zero-order chi connectivity index (χ0) is 14.4. The lowest BCUT2D eigenvalue weighted by Gasteiger charge is -2.13. The summed E-state index contributed by atoms with van der Waals surface area (Å²) in [5.41, 5.74) is 6.94. The number of nitrogens with two attached hydrogens (primary N) is 1. The van der Waals surface area contributed by atoms with Crippen LogP contribution in [0.3, 0.4) is 0 Å². The second-order valence-corrected chi connectivity index (χ2v) is 5.02. The molecule has 7 heteroatoms. The number of hydrogen-bond donors (Lipinski definition) is 2. The molecule has 0 aliphatic carbocycles. The molecule has 0 heterocycles. The number of amides is 1. The second-order valence-electron chi connectivity index (χ2n) is 5.02. The van der Waals surface area contributed by atoms with Gasteiger partial charge in [0, 0.05) is 31.1 Å². The molecule has 0 radical (unpaired) electrons. The first-order chi connectivity index (χ1) is 8.93. The van der Waals surface area contributed by atoms with E-state index in [0.717, 1.165) is 5.56 Å². The van der Waals surface area contributed by atoms with E-state index >= 15 is 0 Å². The minimum absolute atomic E-state index is 0. The maximum atomic E-state index is 13.6. The van der Waals surface area contributed by atoms with E-state index in [1.807, 2.05) is 19.0 Å². The Balaban J connectivity index is 0. The second kappa shape index (κ2) is 10.8. The van der Waals surface area contributed by atoms with E-state index in [0.29, 0.717) is 25.2 Å². The van der Waals surface area contributed by atoms with Crippen molar-refractivity contribution < 1.29 is 9.18 Å². The summed E-state index contributed by atoms with van der Waals surface area (Å²) in [5.74, 6) is -0.512. The first-order valence-electron chi connectivity index (χ1n) is 6.33. The molecule has 0 spiro atoms. The summed E-state index contributed by atoms with van der Waals surface area (Å²) in [7, 11) is 3.77. The molecule has 0 fully saturated rings. The Labute approximate surface area is 138 Å². The third-order valence-corrected chi connectivity index (χ3v) is 2.86. The van der Waals surface area contributed by atoms with Crippen LogP contribution in [0.2, 0.25) is 0 Å². The lowest BCUT2D eigenvalue weighted by atomic mass is 10.1. The summed E-state index contributed by atoms with van der Waals surface area (Å²) >= 11 is 0. The maximum Gasteiger partial charge on any atom is 0.224 e. The van der Waals surface area contributed by atoms with Crippen molar-refractivity contribution in [2.24, 2.45) is 11.7 Å². The van der Waals surface area contributed by atoms with Gasteiger partial charge in [0.15, 0.2) is 0 Å². The van der Waals surface area contributed by atoms with Gasteiger partial charge in [0.05, 0.1) is 0 Å². The number of nitrogens with zero attached hydrogens (tertiary/aromatic N) is 1. The number of halogens is 3. The smallest absolute Gasteiger partial charge is 0.224 e. The van der Waals surface area contributed by atoms with Gasteiger partial charge in [-0.15, -0.1) is 24.8 Å². The molecule has 1 aromatic rings. The summed E-state index contributed by atoms with van der Waals surface area (Å²) in [6, 6.07) is 4.90. The Morgan fingerprint density at radius 2 is 2.00 bits per heavy atom. The highest BCUT2D eigenvalue weighted by Gasteiger charge is 2.10. The molecule has 0 saturated carbocycles. The first-order valence-corrected chi connectivity index (χ1v) is 6.33. The zero-order valence-electron chi connectivity index (χ0n) is 12.6. The highest BCUT2D eigenvalue weighted by atomic mass is 35.5. The highest BCUT2D eigenvalue weighted by Crippen LogP contribution is 2.12. The molecule has 3 N–H and O–H groups in total. The third-order valence-electron chi connectivity index (χ3n) is 2.86. The van der Waals surface area contributed by atoms with Gasteiger partial charge in [0.25, 0.3) is 0 Å². The van der Waals surface area contributed by atoms with Crippen LogP contribution in [0.1, 0.15) is 18.1 Å². The number of rotatable bonds is 6. The van der Waals surface area contributed by atoms with E-state index in [4.69, 9.17) is 5.73 Å². The number of hydrogen-bond acceptors (Lipinski definition) is 3. The van der Waals surface area contributed by atoms with Gasteiger partial charge < -0.3 is 16.0 Å². The largest absolute Gasteiger partial charge is 0.352 e. The predicted molar refractivity (Wildman–Crippen MR) is 88.4 cm³/mol. The number of carbonyl (C=O) groups is 1. The van der Waals surface area contributed by atoms with Crippen LogP contribution >= 0.6 is 24.8 Å². The van der Waals surface area contributed by atoms with E-state index in [-0.39, 0.29) is 42.5 Å². The normalized spacial score (nSPS) is 11.3. The van der Waals surface area contributed by atoms with Gasteiger partial charge in [-0.1, -0.05) is 13.0 Å². The fraction of sp³-hybridized carbons (Fsp3) is 0.500. The summed E-state index contributed by atoms with van der Waals surface area (Å²) in [4.78, 5) is 13.5.